The Balaban J connectivity index is 2.44. The van der Waals surface area contributed by atoms with Crippen molar-refractivity contribution in [2.24, 2.45) is 0 Å². The summed E-state index contributed by atoms with van der Waals surface area (Å²) in [6.07, 6.45) is 0. The van der Waals surface area contributed by atoms with E-state index in [2.05, 4.69) is 55.4 Å². The van der Waals surface area contributed by atoms with Crippen molar-refractivity contribution < 1.29 is 0 Å². The van der Waals surface area contributed by atoms with Crippen molar-refractivity contribution in [3.05, 3.63) is 29.6 Å². The fourth-order valence-electron chi connectivity index (χ4n) is 2.83. The van der Waals surface area contributed by atoms with Gasteiger partial charge in [0.25, 0.3) is 0 Å². The third-order valence-electron chi connectivity index (χ3n) is 3.97. The summed E-state index contributed by atoms with van der Waals surface area (Å²) in [4.78, 5) is 7.16. The second-order valence-corrected chi connectivity index (χ2v) is 5.58. The quantitative estimate of drug-likeness (QED) is 0.751. The van der Waals surface area contributed by atoms with Crippen LogP contribution in [0.2, 0.25) is 0 Å². The number of alkyl halides is 1. The number of aryl methyl sites for hydroxylation is 1. The third kappa shape index (κ3) is 2.84. The van der Waals surface area contributed by atoms with Crippen molar-refractivity contribution in [3.63, 3.8) is 0 Å². The molecule has 0 aliphatic heterocycles. The Morgan fingerprint density at radius 3 is 2.60 bits per heavy atom. The molecule has 0 saturated carbocycles. The van der Waals surface area contributed by atoms with Gasteiger partial charge in [-0.05, 0) is 38.6 Å². The van der Waals surface area contributed by atoms with E-state index in [0.717, 1.165) is 31.0 Å². The number of aromatic nitrogens is 2. The Morgan fingerprint density at radius 1 is 1.30 bits per heavy atom. The molecular formula is C16H24ClN3. The summed E-state index contributed by atoms with van der Waals surface area (Å²) in [5, 5.41) is 0. The van der Waals surface area contributed by atoms with Crippen LogP contribution in [0.5, 0.6) is 0 Å². The lowest BCUT2D eigenvalue weighted by Gasteiger charge is -2.25. The number of rotatable bonds is 6. The highest BCUT2D eigenvalue weighted by Crippen LogP contribution is 2.25. The van der Waals surface area contributed by atoms with Crippen LogP contribution in [0.15, 0.2) is 18.2 Å². The minimum absolute atomic E-state index is 0.371. The molecule has 3 nitrogen and oxygen atoms in total. The number of para-hydroxylation sites is 1. The molecule has 0 saturated heterocycles. The van der Waals surface area contributed by atoms with E-state index in [-0.39, 0.29) is 0 Å². The second-order valence-electron chi connectivity index (χ2n) is 5.31. The molecule has 1 unspecified atom stereocenters. The average Bonchev–Trinajstić information content (AvgIpc) is 2.84. The zero-order valence-corrected chi connectivity index (χ0v) is 13.6. The predicted octanol–water partition coefficient (Wildman–Crippen LogP) is 3.99. The van der Waals surface area contributed by atoms with Gasteiger partial charge in [0, 0.05) is 12.6 Å². The maximum atomic E-state index is 6.11. The first kappa shape index (κ1) is 15.3. The number of likely N-dealkylation sites (N-methyl/N-ethyl adjacent to an activating group) is 1. The summed E-state index contributed by atoms with van der Waals surface area (Å²) in [5.41, 5.74) is 3.48. The van der Waals surface area contributed by atoms with E-state index < -0.39 is 0 Å². The molecule has 0 amide bonds. The maximum Gasteiger partial charge on any atom is 0.125 e. The molecular weight excluding hydrogens is 270 g/mol. The Kier molecular flexibility index (Phi) is 5.06. The zero-order valence-electron chi connectivity index (χ0n) is 12.9. The number of nitrogens with zero attached hydrogens (tertiary/aromatic N) is 3. The minimum Gasteiger partial charge on any atom is -0.323 e. The molecule has 0 spiro atoms. The normalized spacial score (nSPS) is 13.3. The highest BCUT2D eigenvalue weighted by atomic mass is 35.5. The van der Waals surface area contributed by atoms with Crippen LogP contribution in [0, 0.1) is 6.92 Å². The Hall–Kier alpha value is -1.06. The molecule has 0 bridgehead atoms. The number of imidazole rings is 1. The number of hydrogen-bond acceptors (Lipinski definition) is 2. The molecule has 0 aliphatic carbocycles. The van der Waals surface area contributed by atoms with Gasteiger partial charge in [-0.15, -0.1) is 11.6 Å². The number of fused-ring (bicyclic) bond motifs is 1. The van der Waals surface area contributed by atoms with Crippen LogP contribution in [-0.4, -0.2) is 34.1 Å². The van der Waals surface area contributed by atoms with Crippen LogP contribution in [0.1, 0.15) is 38.2 Å². The van der Waals surface area contributed by atoms with Gasteiger partial charge in [0.2, 0.25) is 0 Å². The smallest absolute Gasteiger partial charge is 0.125 e. The van der Waals surface area contributed by atoms with Gasteiger partial charge in [-0.3, -0.25) is 0 Å². The van der Waals surface area contributed by atoms with E-state index in [1.165, 1.54) is 11.1 Å². The van der Waals surface area contributed by atoms with E-state index in [1.807, 2.05) is 0 Å². The van der Waals surface area contributed by atoms with Crippen molar-refractivity contribution in [2.75, 3.05) is 19.6 Å². The standard InChI is InChI=1S/C16H24ClN3/c1-5-19(6-2)11-13(4)20-14-9-7-8-12(3)16(14)18-15(20)10-17/h7-9,13H,5-6,10-11H2,1-4H3. The lowest BCUT2D eigenvalue weighted by atomic mass is 10.2. The lowest BCUT2D eigenvalue weighted by molar-refractivity contribution is 0.261. The van der Waals surface area contributed by atoms with Crippen LogP contribution in [0.3, 0.4) is 0 Å². The van der Waals surface area contributed by atoms with Crippen molar-refractivity contribution in [2.45, 2.75) is 39.6 Å². The van der Waals surface area contributed by atoms with Crippen molar-refractivity contribution >= 4 is 22.6 Å². The Morgan fingerprint density at radius 2 is 2.00 bits per heavy atom. The molecule has 2 rings (SSSR count). The SMILES string of the molecule is CCN(CC)CC(C)n1c(CCl)nc2c(C)cccc21. The molecule has 0 fully saturated rings. The molecule has 4 heteroatoms. The second kappa shape index (κ2) is 6.59. The van der Waals surface area contributed by atoms with Gasteiger partial charge < -0.3 is 9.47 Å². The van der Waals surface area contributed by atoms with Crippen LogP contribution in [0.4, 0.5) is 0 Å². The van der Waals surface area contributed by atoms with Crippen LogP contribution >= 0.6 is 11.6 Å². The van der Waals surface area contributed by atoms with Crippen LogP contribution in [-0.2, 0) is 5.88 Å². The third-order valence-corrected chi connectivity index (χ3v) is 4.21. The summed E-state index contributed by atoms with van der Waals surface area (Å²) >= 11 is 6.11. The topological polar surface area (TPSA) is 21.1 Å². The molecule has 1 aromatic heterocycles. The van der Waals surface area contributed by atoms with E-state index in [1.54, 1.807) is 0 Å². The van der Waals surface area contributed by atoms with Gasteiger partial charge in [0.05, 0.1) is 16.9 Å². The summed E-state index contributed by atoms with van der Waals surface area (Å²) in [5.74, 6) is 1.42. The van der Waals surface area contributed by atoms with Crippen LogP contribution < -0.4 is 0 Å². The fraction of sp³-hybridized carbons (Fsp3) is 0.562. The highest BCUT2D eigenvalue weighted by molar-refractivity contribution is 6.16. The predicted molar refractivity (Wildman–Crippen MR) is 86.5 cm³/mol. The minimum atomic E-state index is 0.371. The van der Waals surface area contributed by atoms with Crippen molar-refractivity contribution in [3.8, 4) is 0 Å². The van der Waals surface area contributed by atoms with E-state index >= 15 is 0 Å². The first-order valence-corrected chi connectivity index (χ1v) is 7.90. The van der Waals surface area contributed by atoms with E-state index in [4.69, 9.17) is 16.6 Å². The molecule has 0 N–H and O–H groups in total. The molecule has 2 aromatic rings. The largest absolute Gasteiger partial charge is 0.323 e. The van der Waals surface area contributed by atoms with Crippen molar-refractivity contribution in [1.82, 2.24) is 14.5 Å². The van der Waals surface area contributed by atoms with Gasteiger partial charge in [0.15, 0.2) is 0 Å². The van der Waals surface area contributed by atoms with Gasteiger partial charge >= 0.3 is 0 Å². The maximum absolute atomic E-state index is 6.11. The Labute approximate surface area is 126 Å². The van der Waals surface area contributed by atoms with Crippen LogP contribution in [0.25, 0.3) is 11.0 Å². The summed E-state index contributed by atoms with van der Waals surface area (Å²) in [6, 6.07) is 6.71. The molecule has 0 radical (unpaired) electrons. The molecule has 0 aliphatic rings. The number of hydrogen-bond donors (Lipinski definition) is 0. The monoisotopic (exact) mass is 293 g/mol. The van der Waals surface area contributed by atoms with Gasteiger partial charge in [-0.25, -0.2) is 4.98 Å². The van der Waals surface area contributed by atoms with E-state index in [0.29, 0.717) is 11.9 Å². The molecule has 110 valence electrons. The zero-order chi connectivity index (χ0) is 14.7. The lowest BCUT2D eigenvalue weighted by Crippen LogP contribution is -2.30. The number of halogens is 1. The molecule has 1 heterocycles. The Bertz CT molecular complexity index is 572. The first-order valence-electron chi connectivity index (χ1n) is 7.37. The van der Waals surface area contributed by atoms with Gasteiger partial charge in [-0.2, -0.15) is 0 Å². The number of benzene rings is 1. The average molecular weight is 294 g/mol. The molecule has 1 atom stereocenters. The summed E-state index contributed by atoms with van der Waals surface area (Å²) in [6.45, 7) is 11.9. The summed E-state index contributed by atoms with van der Waals surface area (Å²) < 4.78 is 2.30. The van der Waals surface area contributed by atoms with Crippen molar-refractivity contribution in [1.29, 1.82) is 0 Å². The van der Waals surface area contributed by atoms with Gasteiger partial charge in [-0.1, -0.05) is 26.0 Å². The summed E-state index contributed by atoms with van der Waals surface area (Å²) in [7, 11) is 0. The van der Waals surface area contributed by atoms with Gasteiger partial charge in [0.1, 0.15) is 5.82 Å². The molecule has 20 heavy (non-hydrogen) atoms. The molecule has 1 aromatic carbocycles. The highest BCUT2D eigenvalue weighted by Gasteiger charge is 2.17. The first-order chi connectivity index (χ1) is 9.62. The van der Waals surface area contributed by atoms with E-state index in [9.17, 15) is 0 Å². The fourth-order valence-corrected chi connectivity index (χ4v) is 3.02.